The van der Waals surface area contributed by atoms with Gasteiger partial charge in [0.1, 0.15) is 17.6 Å². The Kier molecular flexibility index (Phi) is 4.09. The molecule has 0 saturated heterocycles. The van der Waals surface area contributed by atoms with Gasteiger partial charge in [-0.05, 0) is 54.9 Å². The molecule has 0 amide bonds. The average Bonchev–Trinajstić information content (AvgIpc) is 3.23. The van der Waals surface area contributed by atoms with Crippen LogP contribution in [0, 0.1) is 0 Å². The molecule has 0 unspecified atom stereocenters. The van der Waals surface area contributed by atoms with Crippen LogP contribution in [-0.4, -0.2) is 17.7 Å². The first-order chi connectivity index (χ1) is 13.5. The van der Waals surface area contributed by atoms with Gasteiger partial charge in [-0.1, -0.05) is 24.3 Å². The molecule has 28 heavy (non-hydrogen) atoms. The fourth-order valence-electron chi connectivity index (χ4n) is 4.91. The molecule has 1 fully saturated rings. The van der Waals surface area contributed by atoms with Crippen molar-refractivity contribution in [3.63, 3.8) is 0 Å². The zero-order valence-electron chi connectivity index (χ0n) is 15.8. The summed E-state index contributed by atoms with van der Waals surface area (Å²) >= 11 is 0. The van der Waals surface area contributed by atoms with Crippen LogP contribution in [0.3, 0.4) is 0 Å². The summed E-state index contributed by atoms with van der Waals surface area (Å²) in [5.41, 5.74) is 11.3. The Balaban J connectivity index is 1.37. The van der Waals surface area contributed by atoms with E-state index in [0.717, 1.165) is 42.7 Å². The van der Waals surface area contributed by atoms with Crippen LogP contribution in [-0.2, 0) is 16.8 Å². The second kappa shape index (κ2) is 6.52. The van der Waals surface area contributed by atoms with Gasteiger partial charge in [0.05, 0.1) is 13.0 Å². The zero-order chi connectivity index (χ0) is 19.3. The second-order valence-corrected chi connectivity index (χ2v) is 8.33. The van der Waals surface area contributed by atoms with Gasteiger partial charge in [-0.25, -0.2) is 0 Å². The molecule has 2 atom stereocenters. The van der Waals surface area contributed by atoms with E-state index >= 15 is 0 Å². The number of hydrogen-bond donors (Lipinski definition) is 2. The molecule has 5 nitrogen and oxygen atoms in total. The molecule has 0 radical (unpaired) electrons. The number of carbonyl (C=O) groups is 1. The SMILES string of the molecule is NC1(c2cccc3c2CC[C@H]3Oc2ccc3c(c2)OC[C@H]3CC(=O)O)CCC1. The fraction of sp³-hybridized carbons (Fsp3) is 0.435. The summed E-state index contributed by atoms with van der Waals surface area (Å²) in [4.78, 5) is 11.0. The van der Waals surface area contributed by atoms with Gasteiger partial charge in [0.25, 0.3) is 0 Å². The predicted octanol–water partition coefficient (Wildman–Crippen LogP) is 4.04. The highest BCUT2D eigenvalue weighted by molar-refractivity contribution is 5.68. The number of benzene rings is 2. The van der Waals surface area contributed by atoms with Crippen LogP contribution in [0.25, 0.3) is 0 Å². The van der Waals surface area contributed by atoms with E-state index in [2.05, 4.69) is 18.2 Å². The summed E-state index contributed by atoms with van der Waals surface area (Å²) in [6.07, 6.45) is 5.39. The van der Waals surface area contributed by atoms with E-state index in [1.807, 2.05) is 18.2 Å². The number of nitrogens with two attached hydrogens (primary N) is 1. The lowest BCUT2D eigenvalue weighted by Crippen LogP contribution is -2.44. The lowest BCUT2D eigenvalue weighted by Gasteiger charge is -2.40. The second-order valence-electron chi connectivity index (χ2n) is 8.33. The summed E-state index contributed by atoms with van der Waals surface area (Å²) in [7, 11) is 0. The van der Waals surface area contributed by atoms with Gasteiger partial charge < -0.3 is 20.3 Å². The summed E-state index contributed by atoms with van der Waals surface area (Å²) in [6, 6.07) is 12.2. The molecular formula is C23H25NO4. The highest BCUT2D eigenvalue weighted by Gasteiger charge is 2.39. The van der Waals surface area contributed by atoms with Gasteiger partial charge >= 0.3 is 5.97 Å². The van der Waals surface area contributed by atoms with E-state index in [0.29, 0.717) is 6.61 Å². The predicted molar refractivity (Wildman–Crippen MR) is 105 cm³/mol. The van der Waals surface area contributed by atoms with Crippen LogP contribution < -0.4 is 15.2 Å². The largest absolute Gasteiger partial charge is 0.492 e. The molecule has 1 heterocycles. The standard InChI is InChI=1S/C23H25NO4/c24-23(9-2-10-23)19-4-1-3-18-17(19)7-8-20(18)28-15-5-6-16-14(11-22(25)26)13-27-21(16)12-15/h1,3-6,12,14,20H,2,7-11,13,24H2,(H,25,26)/t14-,20-/m1/s1. The van der Waals surface area contributed by atoms with E-state index in [4.69, 9.17) is 20.3 Å². The van der Waals surface area contributed by atoms with Crippen LogP contribution in [0.2, 0.25) is 0 Å². The molecule has 5 heteroatoms. The van der Waals surface area contributed by atoms with E-state index in [1.54, 1.807) is 0 Å². The van der Waals surface area contributed by atoms with Crippen molar-refractivity contribution in [2.24, 2.45) is 5.73 Å². The quantitative estimate of drug-likeness (QED) is 0.819. The van der Waals surface area contributed by atoms with Crippen molar-refractivity contribution in [3.05, 3.63) is 58.7 Å². The maximum atomic E-state index is 11.0. The third kappa shape index (κ3) is 2.85. The Hall–Kier alpha value is -2.53. The lowest BCUT2D eigenvalue weighted by atomic mass is 9.71. The molecule has 1 aliphatic heterocycles. The number of fused-ring (bicyclic) bond motifs is 2. The number of hydrogen-bond acceptors (Lipinski definition) is 4. The molecular weight excluding hydrogens is 354 g/mol. The van der Waals surface area contributed by atoms with Gasteiger partial charge in [-0.3, -0.25) is 4.79 Å². The third-order valence-electron chi connectivity index (χ3n) is 6.56. The molecule has 1 saturated carbocycles. The Labute approximate surface area is 164 Å². The van der Waals surface area contributed by atoms with Crippen LogP contribution >= 0.6 is 0 Å². The molecule has 3 N–H and O–H groups in total. The smallest absolute Gasteiger partial charge is 0.304 e. The van der Waals surface area contributed by atoms with E-state index < -0.39 is 5.97 Å². The minimum Gasteiger partial charge on any atom is -0.492 e. The summed E-state index contributed by atoms with van der Waals surface area (Å²) in [6.45, 7) is 0.416. The Morgan fingerprint density at radius 2 is 2.11 bits per heavy atom. The van der Waals surface area contributed by atoms with Gasteiger partial charge in [0, 0.05) is 23.1 Å². The van der Waals surface area contributed by atoms with Crippen molar-refractivity contribution in [1.82, 2.24) is 0 Å². The molecule has 2 aromatic rings. The molecule has 3 aliphatic rings. The number of carboxylic acid groups (broad SMARTS) is 1. The van der Waals surface area contributed by atoms with Crippen molar-refractivity contribution >= 4 is 5.97 Å². The average molecular weight is 379 g/mol. The molecule has 5 rings (SSSR count). The van der Waals surface area contributed by atoms with Gasteiger partial charge in [-0.2, -0.15) is 0 Å². The maximum absolute atomic E-state index is 11.0. The highest BCUT2D eigenvalue weighted by Crippen LogP contribution is 2.46. The van der Waals surface area contributed by atoms with E-state index in [-0.39, 0.29) is 24.0 Å². The van der Waals surface area contributed by atoms with Crippen LogP contribution in [0.1, 0.15) is 66.4 Å². The minimum absolute atomic E-state index is 0.0212. The summed E-state index contributed by atoms with van der Waals surface area (Å²) in [5, 5.41) is 9.05. The molecule has 146 valence electrons. The van der Waals surface area contributed by atoms with Crippen molar-refractivity contribution in [3.8, 4) is 11.5 Å². The normalized spacial score (nSPS) is 24.0. The minimum atomic E-state index is -0.802. The van der Waals surface area contributed by atoms with Crippen LogP contribution in [0.15, 0.2) is 36.4 Å². The van der Waals surface area contributed by atoms with Crippen molar-refractivity contribution < 1.29 is 19.4 Å². The van der Waals surface area contributed by atoms with Crippen molar-refractivity contribution in [2.45, 2.75) is 56.1 Å². The van der Waals surface area contributed by atoms with Crippen LogP contribution in [0.5, 0.6) is 11.5 Å². The first kappa shape index (κ1) is 17.6. The van der Waals surface area contributed by atoms with E-state index in [1.165, 1.54) is 23.1 Å². The van der Waals surface area contributed by atoms with Crippen LogP contribution in [0.4, 0.5) is 0 Å². The summed E-state index contributed by atoms with van der Waals surface area (Å²) in [5.74, 6) is 0.624. The number of rotatable bonds is 5. The summed E-state index contributed by atoms with van der Waals surface area (Å²) < 4.78 is 12.0. The number of ether oxygens (including phenoxy) is 2. The number of aliphatic carboxylic acids is 1. The zero-order valence-corrected chi connectivity index (χ0v) is 15.8. The fourth-order valence-corrected chi connectivity index (χ4v) is 4.91. The highest BCUT2D eigenvalue weighted by atomic mass is 16.5. The molecule has 2 aromatic carbocycles. The Bertz CT molecular complexity index is 934. The first-order valence-electron chi connectivity index (χ1n) is 10.1. The molecule has 0 bridgehead atoms. The number of carboxylic acids is 1. The van der Waals surface area contributed by atoms with Crippen molar-refractivity contribution in [1.29, 1.82) is 0 Å². The van der Waals surface area contributed by atoms with Gasteiger partial charge in [0.2, 0.25) is 0 Å². The molecule has 2 aliphatic carbocycles. The Morgan fingerprint density at radius 3 is 2.86 bits per heavy atom. The van der Waals surface area contributed by atoms with Gasteiger partial charge in [-0.15, -0.1) is 0 Å². The lowest BCUT2D eigenvalue weighted by molar-refractivity contribution is -0.137. The van der Waals surface area contributed by atoms with Crippen molar-refractivity contribution in [2.75, 3.05) is 6.61 Å². The Morgan fingerprint density at radius 1 is 1.25 bits per heavy atom. The van der Waals surface area contributed by atoms with E-state index in [9.17, 15) is 4.79 Å². The van der Waals surface area contributed by atoms with Gasteiger partial charge in [0.15, 0.2) is 0 Å². The third-order valence-corrected chi connectivity index (χ3v) is 6.56. The first-order valence-corrected chi connectivity index (χ1v) is 10.1. The topological polar surface area (TPSA) is 81.8 Å². The molecule has 0 aromatic heterocycles. The monoisotopic (exact) mass is 379 g/mol. The molecule has 0 spiro atoms. The maximum Gasteiger partial charge on any atom is 0.304 e.